The first kappa shape index (κ1) is 22.8. The van der Waals surface area contributed by atoms with Crippen LogP contribution in [0.5, 0.6) is 0 Å². The molecule has 3 fully saturated rings. The number of amides is 2. The molecule has 5 rings (SSSR count). The van der Waals surface area contributed by atoms with Gasteiger partial charge in [-0.05, 0) is 68.7 Å². The minimum absolute atomic E-state index is 0.0120. The normalized spacial score (nSPS) is 24.8. The molecule has 1 aromatic rings. The molecule has 7 nitrogen and oxygen atoms in total. The van der Waals surface area contributed by atoms with Crippen molar-refractivity contribution >= 4 is 27.5 Å². The summed E-state index contributed by atoms with van der Waals surface area (Å²) in [5.74, 6) is 0.218. The van der Waals surface area contributed by atoms with Crippen molar-refractivity contribution in [3.05, 3.63) is 23.8 Å². The second-order valence-electron chi connectivity index (χ2n) is 10.0. The fraction of sp³-hybridized carbons (Fsp3) is 0.680. The predicted molar refractivity (Wildman–Crippen MR) is 126 cm³/mol. The van der Waals surface area contributed by atoms with Gasteiger partial charge in [-0.15, -0.1) is 0 Å². The Morgan fingerprint density at radius 1 is 0.788 bits per heavy atom. The van der Waals surface area contributed by atoms with E-state index in [1.807, 2.05) is 4.90 Å². The Hall–Kier alpha value is -1.93. The average molecular weight is 474 g/mol. The van der Waals surface area contributed by atoms with Crippen molar-refractivity contribution in [3.63, 3.8) is 0 Å². The van der Waals surface area contributed by atoms with E-state index < -0.39 is 10.0 Å². The van der Waals surface area contributed by atoms with Crippen LogP contribution >= 0.6 is 0 Å². The van der Waals surface area contributed by atoms with Crippen LogP contribution in [0.4, 0.5) is 5.69 Å². The number of sulfonamides is 1. The Morgan fingerprint density at radius 3 is 2.27 bits per heavy atom. The van der Waals surface area contributed by atoms with E-state index in [4.69, 9.17) is 0 Å². The van der Waals surface area contributed by atoms with Gasteiger partial charge in [0.2, 0.25) is 21.8 Å². The Balaban J connectivity index is 1.32. The van der Waals surface area contributed by atoms with Crippen molar-refractivity contribution in [2.75, 3.05) is 31.1 Å². The van der Waals surface area contributed by atoms with E-state index in [-0.39, 0.29) is 23.8 Å². The number of hydrogen-bond acceptors (Lipinski definition) is 4. The van der Waals surface area contributed by atoms with Gasteiger partial charge in [0.1, 0.15) is 6.04 Å². The molecule has 33 heavy (non-hydrogen) atoms. The first-order valence-corrected chi connectivity index (χ1v) is 14.2. The van der Waals surface area contributed by atoms with Crippen LogP contribution in [0.15, 0.2) is 23.1 Å². The SMILES string of the molecule is O=C(C1CCCN1C(=O)C1CCCCC1)N1CCc2cc(S(=O)(=O)N3CCCCC3)ccc21. The zero-order chi connectivity index (χ0) is 23.0. The maximum Gasteiger partial charge on any atom is 0.249 e. The van der Waals surface area contributed by atoms with E-state index >= 15 is 0 Å². The van der Waals surface area contributed by atoms with Crippen LogP contribution in [0.1, 0.15) is 69.8 Å². The van der Waals surface area contributed by atoms with Gasteiger partial charge < -0.3 is 9.80 Å². The number of hydrogen-bond donors (Lipinski definition) is 0. The summed E-state index contributed by atoms with van der Waals surface area (Å²) in [6, 6.07) is 4.81. The van der Waals surface area contributed by atoms with Crippen molar-refractivity contribution in [1.29, 1.82) is 0 Å². The number of rotatable bonds is 4. The van der Waals surface area contributed by atoms with Crippen molar-refractivity contribution in [2.24, 2.45) is 5.92 Å². The molecule has 1 unspecified atom stereocenters. The lowest BCUT2D eigenvalue weighted by molar-refractivity contribution is -0.141. The number of anilines is 1. The van der Waals surface area contributed by atoms with Gasteiger partial charge in [-0.25, -0.2) is 8.42 Å². The number of fused-ring (bicyclic) bond motifs is 1. The van der Waals surface area contributed by atoms with E-state index in [1.165, 1.54) is 6.42 Å². The van der Waals surface area contributed by atoms with Crippen LogP contribution in [0.3, 0.4) is 0 Å². The number of nitrogens with zero attached hydrogens (tertiary/aromatic N) is 3. The maximum absolute atomic E-state index is 13.5. The van der Waals surface area contributed by atoms with Gasteiger partial charge >= 0.3 is 0 Å². The van der Waals surface area contributed by atoms with Crippen molar-refractivity contribution in [3.8, 4) is 0 Å². The molecule has 1 saturated carbocycles. The number of benzene rings is 1. The predicted octanol–water partition coefficient (Wildman–Crippen LogP) is 3.32. The molecule has 1 aliphatic carbocycles. The molecule has 0 bridgehead atoms. The largest absolute Gasteiger partial charge is 0.330 e. The lowest BCUT2D eigenvalue weighted by Gasteiger charge is -2.32. The summed E-state index contributed by atoms with van der Waals surface area (Å²) in [6.45, 7) is 2.37. The standard InChI is InChI=1S/C25H35N3O4S/c29-24(19-8-3-1-4-9-19)27-16-7-10-23(27)25(30)28-17-13-20-18-21(11-12-22(20)28)33(31,32)26-14-5-2-6-15-26/h11-12,18-19,23H,1-10,13-17H2. The molecule has 2 amide bonds. The zero-order valence-corrected chi connectivity index (χ0v) is 20.2. The lowest BCUT2D eigenvalue weighted by Crippen LogP contribution is -2.49. The molecule has 1 atom stereocenters. The second kappa shape index (κ2) is 9.37. The van der Waals surface area contributed by atoms with Crippen molar-refractivity contribution in [2.45, 2.75) is 81.6 Å². The van der Waals surface area contributed by atoms with Gasteiger partial charge in [0.05, 0.1) is 4.90 Å². The van der Waals surface area contributed by atoms with E-state index in [0.717, 1.165) is 62.6 Å². The average Bonchev–Trinajstić information content (AvgIpc) is 3.51. The summed E-state index contributed by atoms with van der Waals surface area (Å²) in [6.07, 6.45) is 10.4. The fourth-order valence-electron chi connectivity index (χ4n) is 6.07. The minimum Gasteiger partial charge on any atom is -0.330 e. The zero-order valence-electron chi connectivity index (χ0n) is 19.4. The molecule has 1 aromatic carbocycles. The van der Waals surface area contributed by atoms with E-state index in [9.17, 15) is 18.0 Å². The monoisotopic (exact) mass is 473 g/mol. The lowest BCUT2D eigenvalue weighted by atomic mass is 9.88. The first-order chi connectivity index (χ1) is 16.0. The highest BCUT2D eigenvalue weighted by Gasteiger charge is 2.41. The molecule has 0 spiro atoms. The number of piperidine rings is 1. The van der Waals surface area contributed by atoms with Crippen LogP contribution < -0.4 is 4.90 Å². The van der Waals surface area contributed by atoms with Crippen molar-refractivity contribution in [1.82, 2.24) is 9.21 Å². The molecule has 8 heteroatoms. The third kappa shape index (κ3) is 4.32. The molecular formula is C25H35N3O4S. The van der Waals surface area contributed by atoms with E-state index in [1.54, 1.807) is 27.4 Å². The summed E-state index contributed by atoms with van der Waals surface area (Å²) in [4.78, 5) is 30.7. The van der Waals surface area contributed by atoms with E-state index in [0.29, 0.717) is 43.9 Å². The van der Waals surface area contributed by atoms with Gasteiger partial charge in [0.15, 0.2) is 0 Å². The number of likely N-dealkylation sites (tertiary alicyclic amines) is 1. The molecule has 4 aliphatic rings. The maximum atomic E-state index is 13.5. The van der Waals surface area contributed by atoms with Crippen LogP contribution in [0.25, 0.3) is 0 Å². The Labute approximate surface area is 197 Å². The molecule has 2 saturated heterocycles. The van der Waals surface area contributed by atoms with Gasteiger partial charge in [-0.3, -0.25) is 9.59 Å². The third-order valence-electron chi connectivity index (χ3n) is 7.94. The van der Waals surface area contributed by atoms with E-state index in [2.05, 4.69) is 0 Å². The smallest absolute Gasteiger partial charge is 0.249 e. The summed E-state index contributed by atoms with van der Waals surface area (Å²) in [5, 5.41) is 0. The Morgan fingerprint density at radius 2 is 1.52 bits per heavy atom. The molecule has 3 aliphatic heterocycles. The Kier molecular flexibility index (Phi) is 6.49. The highest BCUT2D eigenvalue weighted by molar-refractivity contribution is 7.89. The third-order valence-corrected chi connectivity index (χ3v) is 9.84. The molecule has 3 heterocycles. The topological polar surface area (TPSA) is 78.0 Å². The van der Waals surface area contributed by atoms with Gasteiger partial charge in [0.25, 0.3) is 0 Å². The summed E-state index contributed by atoms with van der Waals surface area (Å²) in [5.41, 5.74) is 1.71. The Bertz CT molecular complexity index is 1010. The van der Waals surface area contributed by atoms with Crippen LogP contribution in [0.2, 0.25) is 0 Å². The van der Waals surface area contributed by atoms with Crippen LogP contribution in [-0.4, -0.2) is 61.7 Å². The van der Waals surface area contributed by atoms with Gasteiger partial charge in [0, 0.05) is 37.8 Å². The molecule has 0 radical (unpaired) electrons. The highest BCUT2D eigenvalue weighted by Crippen LogP contribution is 2.35. The number of carbonyl (C=O) groups is 2. The molecule has 0 aromatic heterocycles. The molecule has 180 valence electrons. The minimum atomic E-state index is -3.49. The molecular weight excluding hydrogens is 438 g/mol. The van der Waals surface area contributed by atoms with Crippen molar-refractivity contribution < 1.29 is 18.0 Å². The highest BCUT2D eigenvalue weighted by atomic mass is 32.2. The quantitative estimate of drug-likeness (QED) is 0.672. The summed E-state index contributed by atoms with van der Waals surface area (Å²) >= 11 is 0. The van der Waals surface area contributed by atoms with Crippen LogP contribution in [0, 0.1) is 5.92 Å². The first-order valence-electron chi connectivity index (χ1n) is 12.7. The van der Waals surface area contributed by atoms with Gasteiger partial charge in [-0.2, -0.15) is 4.31 Å². The second-order valence-corrected chi connectivity index (χ2v) is 12.0. The fourth-order valence-corrected chi connectivity index (χ4v) is 7.64. The summed E-state index contributed by atoms with van der Waals surface area (Å²) in [7, 11) is -3.49. The van der Waals surface area contributed by atoms with Gasteiger partial charge in [-0.1, -0.05) is 25.7 Å². The summed E-state index contributed by atoms with van der Waals surface area (Å²) < 4.78 is 27.7. The van der Waals surface area contributed by atoms with Crippen LogP contribution in [-0.2, 0) is 26.0 Å². The molecule has 0 N–H and O–H groups in total. The number of carbonyl (C=O) groups excluding carboxylic acids is 2.